The first kappa shape index (κ1) is 23.1. The molecule has 6 heteroatoms. The topological polar surface area (TPSA) is 84.9 Å². The van der Waals surface area contributed by atoms with Crippen molar-refractivity contribution in [2.75, 3.05) is 6.61 Å². The van der Waals surface area contributed by atoms with Gasteiger partial charge in [0.1, 0.15) is 17.4 Å². The summed E-state index contributed by atoms with van der Waals surface area (Å²) in [4.78, 5) is 23.6. The van der Waals surface area contributed by atoms with Gasteiger partial charge in [0.2, 0.25) is 0 Å². The number of ether oxygens (including phenoxy) is 2. The molecular formula is C26H29NO5. The molecular weight excluding hydrogens is 406 g/mol. The summed E-state index contributed by atoms with van der Waals surface area (Å²) in [6.07, 6.45) is 0.122. The number of nitrogens with one attached hydrogen (secondary N) is 1. The highest BCUT2D eigenvalue weighted by Crippen LogP contribution is 2.18. The van der Waals surface area contributed by atoms with Gasteiger partial charge in [-0.25, -0.2) is 9.59 Å². The van der Waals surface area contributed by atoms with Crippen LogP contribution < -0.4 is 10.1 Å². The molecule has 0 aliphatic heterocycles. The second kappa shape index (κ2) is 10.2. The molecule has 0 radical (unpaired) electrons. The number of amides is 1. The van der Waals surface area contributed by atoms with Crippen molar-refractivity contribution in [3.63, 3.8) is 0 Å². The van der Waals surface area contributed by atoms with Crippen molar-refractivity contribution in [3.05, 3.63) is 77.9 Å². The Morgan fingerprint density at radius 2 is 1.69 bits per heavy atom. The van der Waals surface area contributed by atoms with Crippen LogP contribution in [0.5, 0.6) is 5.75 Å². The molecule has 0 heterocycles. The van der Waals surface area contributed by atoms with Gasteiger partial charge < -0.3 is 19.9 Å². The van der Waals surface area contributed by atoms with Gasteiger partial charge in [-0.1, -0.05) is 54.6 Å². The van der Waals surface area contributed by atoms with Gasteiger partial charge in [-0.3, -0.25) is 0 Å². The van der Waals surface area contributed by atoms with Crippen LogP contribution in [0, 0.1) is 0 Å². The molecule has 3 aromatic carbocycles. The molecule has 0 aliphatic rings. The van der Waals surface area contributed by atoms with Gasteiger partial charge in [-0.05, 0) is 54.8 Å². The Balaban J connectivity index is 1.57. The number of fused-ring (bicyclic) bond motifs is 1. The summed E-state index contributed by atoms with van der Waals surface area (Å²) in [6.45, 7) is 5.67. The molecule has 0 spiro atoms. The lowest BCUT2D eigenvalue weighted by Gasteiger charge is -2.22. The molecule has 0 saturated carbocycles. The number of rotatable bonds is 8. The van der Waals surface area contributed by atoms with E-state index in [1.807, 2.05) is 30.3 Å². The summed E-state index contributed by atoms with van der Waals surface area (Å²) in [7, 11) is 0. The minimum atomic E-state index is -1.13. The first-order valence-electron chi connectivity index (χ1n) is 10.6. The number of hydrogen-bond acceptors (Lipinski definition) is 4. The molecule has 1 amide bonds. The second-order valence-electron chi connectivity index (χ2n) is 8.67. The molecule has 0 unspecified atom stereocenters. The summed E-state index contributed by atoms with van der Waals surface area (Å²) >= 11 is 0. The van der Waals surface area contributed by atoms with E-state index >= 15 is 0 Å². The summed E-state index contributed by atoms with van der Waals surface area (Å²) in [5, 5.41) is 14.3. The Morgan fingerprint density at radius 1 is 0.938 bits per heavy atom. The number of carbonyl (C=O) groups excluding carboxylic acids is 1. The Morgan fingerprint density at radius 3 is 2.41 bits per heavy atom. The van der Waals surface area contributed by atoms with E-state index in [1.165, 1.54) is 16.3 Å². The van der Waals surface area contributed by atoms with Crippen molar-refractivity contribution in [1.29, 1.82) is 0 Å². The third-order valence-electron chi connectivity index (χ3n) is 4.80. The van der Waals surface area contributed by atoms with Gasteiger partial charge in [-0.15, -0.1) is 0 Å². The van der Waals surface area contributed by atoms with Gasteiger partial charge >= 0.3 is 12.1 Å². The van der Waals surface area contributed by atoms with E-state index in [9.17, 15) is 14.7 Å². The molecule has 2 N–H and O–H groups in total. The Bertz CT molecular complexity index is 1090. The SMILES string of the molecule is CC(C)(C)OC(=O)N[C@@H](Cc1cccc(OCCc2ccc3ccccc3c2)c1)C(=O)O. The van der Waals surface area contributed by atoms with Crippen LogP contribution in [0.3, 0.4) is 0 Å². The van der Waals surface area contributed by atoms with Crippen molar-refractivity contribution in [1.82, 2.24) is 5.32 Å². The second-order valence-corrected chi connectivity index (χ2v) is 8.67. The zero-order valence-corrected chi connectivity index (χ0v) is 18.6. The highest BCUT2D eigenvalue weighted by Gasteiger charge is 2.24. The molecule has 1 atom stereocenters. The third kappa shape index (κ3) is 7.01. The van der Waals surface area contributed by atoms with Crippen molar-refractivity contribution < 1.29 is 24.2 Å². The monoisotopic (exact) mass is 435 g/mol. The number of carboxylic acid groups (broad SMARTS) is 1. The number of carboxylic acids is 1. The quantitative estimate of drug-likeness (QED) is 0.521. The van der Waals surface area contributed by atoms with Gasteiger partial charge in [0.15, 0.2) is 0 Å². The average Bonchev–Trinajstić information content (AvgIpc) is 2.72. The van der Waals surface area contributed by atoms with E-state index in [1.54, 1.807) is 26.8 Å². The molecule has 168 valence electrons. The summed E-state index contributed by atoms with van der Waals surface area (Å²) in [5.41, 5.74) is 1.23. The van der Waals surface area contributed by atoms with Crippen LogP contribution in [-0.4, -0.2) is 35.4 Å². The van der Waals surface area contributed by atoms with Crippen molar-refractivity contribution in [3.8, 4) is 5.75 Å². The minimum absolute atomic E-state index is 0.121. The Kier molecular flexibility index (Phi) is 7.36. The third-order valence-corrected chi connectivity index (χ3v) is 4.80. The number of aliphatic carboxylic acids is 1. The largest absolute Gasteiger partial charge is 0.493 e. The van der Waals surface area contributed by atoms with Crippen LogP contribution in [0.4, 0.5) is 4.79 Å². The van der Waals surface area contributed by atoms with Crippen LogP contribution in [0.25, 0.3) is 10.8 Å². The van der Waals surface area contributed by atoms with Crippen LogP contribution in [-0.2, 0) is 22.4 Å². The highest BCUT2D eigenvalue weighted by molar-refractivity contribution is 5.83. The van der Waals surface area contributed by atoms with E-state index in [2.05, 4.69) is 35.6 Å². The van der Waals surface area contributed by atoms with Crippen molar-refractivity contribution >= 4 is 22.8 Å². The van der Waals surface area contributed by atoms with E-state index in [-0.39, 0.29) is 6.42 Å². The number of benzene rings is 3. The number of carbonyl (C=O) groups is 2. The maximum absolute atomic E-state index is 12.0. The Hall–Kier alpha value is -3.54. The van der Waals surface area contributed by atoms with E-state index < -0.39 is 23.7 Å². The van der Waals surface area contributed by atoms with Crippen molar-refractivity contribution in [2.24, 2.45) is 0 Å². The standard InChI is InChI=1S/C26H29NO5/c1-26(2,3)32-25(30)27-23(24(28)29)17-19-7-6-10-22(16-19)31-14-13-18-11-12-20-8-4-5-9-21(20)15-18/h4-12,15-16,23H,13-14,17H2,1-3H3,(H,27,30)(H,28,29)/t23-/m0/s1. The molecule has 0 fully saturated rings. The lowest BCUT2D eigenvalue weighted by atomic mass is 10.1. The van der Waals surface area contributed by atoms with Gasteiger partial charge in [0.05, 0.1) is 6.61 Å². The fraction of sp³-hybridized carbons (Fsp3) is 0.308. The van der Waals surface area contributed by atoms with E-state index in [0.29, 0.717) is 12.4 Å². The van der Waals surface area contributed by atoms with Crippen LogP contribution in [0.15, 0.2) is 66.7 Å². The number of hydrogen-bond donors (Lipinski definition) is 2. The van der Waals surface area contributed by atoms with E-state index in [0.717, 1.165) is 12.0 Å². The minimum Gasteiger partial charge on any atom is -0.493 e. The fourth-order valence-corrected chi connectivity index (χ4v) is 3.33. The zero-order valence-electron chi connectivity index (χ0n) is 18.6. The molecule has 32 heavy (non-hydrogen) atoms. The zero-order chi connectivity index (χ0) is 23.1. The lowest BCUT2D eigenvalue weighted by Crippen LogP contribution is -2.44. The van der Waals surface area contributed by atoms with Gasteiger partial charge in [0.25, 0.3) is 0 Å². The van der Waals surface area contributed by atoms with Crippen LogP contribution >= 0.6 is 0 Å². The molecule has 3 aromatic rings. The predicted molar refractivity (Wildman–Crippen MR) is 124 cm³/mol. The molecule has 0 aliphatic carbocycles. The maximum atomic E-state index is 12.0. The summed E-state index contributed by atoms with van der Waals surface area (Å²) in [5.74, 6) is -0.469. The maximum Gasteiger partial charge on any atom is 0.408 e. The first-order chi connectivity index (χ1) is 15.2. The summed E-state index contributed by atoms with van der Waals surface area (Å²) < 4.78 is 11.1. The smallest absolute Gasteiger partial charge is 0.408 e. The number of alkyl carbamates (subject to hydrolysis) is 1. The fourth-order valence-electron chi connectivity index (χ4n) is 3.33. The normalized spacial score (nSPS) is 12.2. The predicted octanol–water partition coefficient (Wildman–Crippen LogP) is 4.98. The van der Waals surface area contributed by atoms with Gasteiger partial charge in [0, 0.05) is 12.8 Å². The molecule has 6 nitrogen and oxygen atoms in total. The molecule has 0 bridgehead atoms. The average molecular weight is 436 g/mol. The summed E-state index contributed by atoms with van der Waals surface area (Å²) in [6, 6.07) is 20.7. The van der Waals surface area contributed by atoms with Crippen LogP contribution in [0.2, 0.25) is 0 Å². The first-order valence-corrected chi connectivity index (χ1v) is 10.6. The molecule has 0 saturated heterocycles. The highest BCUT2D eigenvalue weighted by atomic mass is 16.6. The van der Waals surface area contributed by atoms with Crippen LogP contribution in [0.1, 0.15) is 31.9 Å². The van der Waals surface area contributed by atoms with Gasteiger partial charge in [-0.2, -0.15) is 0 Å². The lowest BCUT2D eigenvalue weighted by molar-refractivity contribution is -0.139. The van der Waals surface area contributed by atoms with Crippen molar-refractivity contribution in [2.45, 2.75) is 45.3 Å². The molecule has 0 aromatic heterocycles. The Labute approximate surface area is 188 Å². The molecule has 3 rings (SSSR count). The van der Waals surface area contributed by atoms with E-state index in [4.69, 9.17) is 9.47 Å².